The van der Waals surface area contributed by atoms with Gasteiger partial charge in [0.25, 0.3) is 0 Å². The summed E-state index contributed by atoms with van der Waals surface area (Å²) in [6.07, 6.45) is 3.60. The smallest absolute Gasteiger partial charge is 0.228 e. The molecule has 1 aromatic carbocycles. The molecule has 0 aromatic heterocycles. The third kappa shape index (κ3) is 3.23. The molecule has 3 rings (SSSR count). The molecule has 2 amide bonds. The van der Waals surface area contributed by atoms with Gasteiger partial charge in [-0.2, -0.15) is 0 Å². The maximum absolute atomic E-state index is 12.8. The Bertz CT molecular complexity index is 631. The fourth-order valence-corrected chi connectivity index (χ4v) is 3.71. The van der Waals surface area contributed by atoms with Gasteiger partial charge in [-0.15, -0.1) is 0 Å². The van der Waals surface area contributed by atoms with Crippen LogP contribution in [0.5, 0.6) is 0 Å². The van der Waals surface area contributed by atoms with Gasteiger partial charge < -0.3 is 9.80 Å². The van der Waals surface area contributed by atoms with Crippen molar-refractivity contribution in [2.45, 2.75) is 45.6 Å². The number of piperidine rings is 1. The van der Waals surface area contributed by atoms with Crippen molar-refractivity contribution in [2.24, 2.45) is 5.92 Å². The van der Waals surface area contributed by atoms with E-state index in [1.165, 1.54) is 6.42 Å². The number of nitrogens with zero attached hydrogens (tertiary/aromatic N) is 2. The second-order valence-corrected chi connectivity index (χ2v) is 7.12. The number of hydrogen-bond donors (Lipinski definition) is 0. The Labute approximate surface area is 142 Å². The minimum absolute atomic E-state index is 0.00734. The Morgan fingerprint density at radius 2 is 2.09 bits per heavy atom. The molecule has 2 saturated heterocycles. The first-order valence-electron chi connectivity index (χ1n) is 8.34. The molecule has 0 bridgehead atoms. The number of anilines is 1. The number of carbonyl (C=O) groups is 2. The summed E-state index contributed by atoms with van der Waals surface area (Å²) >= 11 is 6.17. The van der Waals surface area contributed by atoms with Crippen LogP contribution in [0.3, 0.4) is 0 Å². The van der Waals surface area contributed by atoms with Crippen LogP contribution >= 0.6 is 11.6 Å². The van der Waals surface area contributed by atoms with Gasteiger partial charge in [0.05, 0.1) is 5.92 Å². The molecule has 0 spiro atoms. The third-order valence-corrected chi connectivity index (χ3v) is 5.43. The van der Waals surface area contributed by atoms with E-state index < -0.39 is 0 Å². The highest BCUT2D eigenvalue weighted by atomic mass is 35.5. The lowest BCUT2D eigenvalue weighted by molar-refractivity contribution is -0.139. The Kier molecular flexibility index (Phi) is 4.62. The molecule has 0 aliphatic carbocycles. The Morgan fingerprint density at radius 3 is 2.78 bits per heavy atom. The number of benzene rings is 1. The van der Waals surface area contributed by atoms with Crippen LogP contribution in [0, 0.1) is 12.8 Å². The van der Waals surface area contributed by atoms with Crippen molar-refractivity contribution >= 4 is 29.1 Å². The molecule has 2 aliphatic heterocycles. The van der Waals surface area contributed by atoms with E-state index in [9.17, 15) is 9.59 Å². The van der Waals surface area contributed by atoms with Crippen LogP contribution in [-0.2, 0) is 9.59 Å². The maximum Gasteiger partial charge on any atom is 0.228 e. The summed E-state index contributed by atoms with van der Waals surface area (Å²) in [7, 11) is 0. The molecule has 0 radical (unpaired) electrons. The molecule has 0 N–H and O–H groups in total. The van der Waals surface area contributed by atoms with E-state index in [-0.39, 0.29) is 23.8 Å². The number of carbonyl (C=O) groups excluding carboxylic acids is 2. The zero-order valence-electron chi connectivity index (χ0n) is 13.7. The van der Waals surface area contributed by atoms with Crippen LogP contribution in [0.1, 0.15) is 38.2 Å². The SMILES string of the molecule is Cc1ccc(N2C[C@H](C(=O)N3CCCC[C@@H]3C)CC2=O)cc1Cl. The Morgan fingerprint density at radius 1 is 1.30 bits per heavy atom. The summed E-state index contributed by atoms with van der Waals surface area (Å²) < 4.78 is 0. The van der Waals surface area contributed by atoms with Crippen molar-refractivity contribution in [1.82, 2.24) is 4.90 Å². The third-order valence-electron chi connectivity index (χ3n) is 5.03. The standard InChI is InChI=1S/C18H23ClN2O2/c1-12-6-7-15(10-16(12)19)21-11-14(9-17(21)22)18(23)20-8-4-3-5-13(20)2/h6-7,10,13-14H,3-5,8-9,11H2,1-2H3/t13-,14+/m0/s1. The molecular formula is C18H23ClN2O2. The van der Waals surface area contributed by atoms with Gasteiger partial charge in [0, 0.05) is 36.3 Å². The maximum atomic E-state index is 12.8. The first kappa shape index (κ1) is 16.3. The minimum Gasteiger partial charge on any atom is -0.340 e. The average Bonchev–Trinajstić information content (AvgIpc) is 2.92. The van der Waals surface area contributed by atoms with E-state index in [1.807, 2.05) is 30.0 Å². The van der Waals surface area contributed by atoms with Crippen molar-refractivity contribution < 1.29 is 9.59 Å². The van der Waals surface area contributed by atoms with Crippen molar-refractivity contribution in [1.29, 1.82) is 0 Å². The van der Waals surface area contributed by atoms with Gasteiger partial charge >= 0.3 is 0 Å². The van der Waals surface area contributed by atoms with Crippen LogP contribution in [0.2, 0.25) is 5.02 Å². The van der Waals surface area contributed by atoms with E-state index in [4.69, 9.17) is 11.6 Å². The molecule has 2 heterocycles. The summed E-state index contributed by atoms with van der Waals surface area (Å²) in [6.45, 7) is 5.31. The average molecular weight is 335 g/mol. The van der Waals surface area contributed by atoms with Crippen molar-refractivity contribution in [3.8, 4) is 0 Å². The van der Waals surface area contributed by atoms with Gasteiger partial charge in [0.2, 0.25) is 11.8 Å². The summed E-state index contributed by atoms with van der Waals surface area (Å²) in [5.74, 6) is -0.0951. The summed E-state index contributed by atoms with van der Waals surface area (Å²) in [6, 6.07) is 5.90. The lowest BCUT2D eigenvalue weighted by Gasteiger charge is -2.35. The fraction of sp³-hybridized carbons (Fsp3) is 0.556. The van der Waals surface area contributed by atoms with Gasteiger partial charge in [0.15, 0.2) is 0 Å². The molecule has 2 atom stereocenters. The number of likely N-dealkylation sites (tertiary alicyclic amines) is 1. The molecule has 2 aliphatic rings. The van der Waals surface area contributed by atoms with Gasteiger partial charge in [-0.1, -0.05) is 17.7 Å². The highest BCUT2D eigenvalue weighted by molar-refractivity contribution is 6.31. The van der Waals surface area contributed by atoms with Gasteiger partial charge in [-0.05, 0) is 50.8 Å². The first-order valence-corrected chi connectivity index (χ1v) is 8.72. The van der Waals surface area contributed by atoms with Gasteiger partial charge in [0.1, 0.15) is 0 Å². The normalized spacial score (nSPS) is 25.1. The number of amides is 2. The van der Waals surface area contributed by atoms with Crippen LogP contribution in [0.25, 0.3) is 0 Å². The lowest BCUT2D eigenvalue weighted by Crippen LogP contribution is -2.45. The van der Waals surface area contributed by atoms with Crippen molar-refractivity contribution in [2.75, 3.05) is 18.0 Å². The topological polar surface area (TPSA) is 40.6 Å². The Balaban J connectivity index is 1.74. The zero-order chi connectivity index (χ0) is 16.6. The largest absolute Gasteiger partial charge is 0.340 e. The predicted molar refractivity (Wildman–Crippen MR) is 91.7 cm³/mol. The molecular weight excluding hydrogens is 312 g/mol. The molecule has 1 aromatic rings. The quantitative estimate of drug-likeness (QED) is 0.831. The van der Waals surface area contributed by atoms with Gasteiger partial charge in [-0.3, -0.25) is 9.59 Å². The molecule has 4 nitrogen and oxygen atoms in total. The van der Waals surface area contributed by atoms with E-state index in [2.05, 4.69) is 6.92 Å². The monoisotopic (exact) mass is 334 g/mol. The summed E-state index contributed by atoms with van der Waals surface area (Å²) in [5, 5.41) is 0.648. The molecule has 0 saturated carbocycles. The first-order chi connectivity index (χ1) is 11.0. The number of rotatable bonds is 2. The molecule has 0 unspecified atom stereocenters. The number of aryl methyl sites for hydroxylation is 1. The predicted octanol–water partition coefficient (Wildman–Crippen LogP) is 3.40. The highest BCUT2D eigenvalue weighted by Gasteiger charge is 2.38. The molecule has 2 fully saturated rings. The van der Waals surface area contributed by atoms with Crippen LogP contribution in [-0.4, -0.2) is 35.8 Å². The van der Waals surface area contributed by atoms with E-state index in [0.717, 1.165) is 30.6 Å². The fourth-order valence-electron chi connectivity index (χ4n) is 3.53. The van der Waals surface area contributed by atoms with Crippen molar-refractivity contribution in [3.05, 3.63) is 28.8 Å². The minimum atomic E-state index is -0.233. The summed E-state index contributed by atoms with van der Waals surface area (Å²) in [5.41, 5.74) is 1.77. The zero-order valence-corrected chi connectivity index (χ0v) is 14.5. The second-order valence-electron chi connectivity index (χ2n) is 6.72. The second kappa shape index (κ2) is 6.52. The van der Waals surface area contributed by atoms with Crippen LogP contribution < -0.4 is 4.90 Å². The van der Waals surface area contributed by atoms with Crippen LogP contribution in [0.15, 0.2) is 18.2 Å². The van der Waals surface area contributed by atoms with E-state index >= 15 is 0 Å². The Hall–Kier alpha value is -1.55. The molecule has 5 heteroatoms. The van der Waals surface area contributed by atoms with Crippen molar-refractivity contribution in [3.63, 3.8) is 0 Å². The number of hydrogen-bond acceptors (Lipinski definition) is 2. The van der Waals surface area contributed by atoms with Gasteiger partial charge in [-0.25, -0.2) is 0 Å². The molecule has 23 heavy (non-hydrogen) atoms. The van der Waals surface area contributed by atoms with Crippen LogP contribution in [0.4, 0.5) is 5.69 Å². The highest BCUT2D eigenvalue weighted by Crippen LogP contribution is 2.30. The summed E-state index contributed by atoms with van der Waals surface area (Å²) in [4.78, 5) is 28.8. The van der Waals surface area contributed by atoms with E-state index in [0.29, 0.717) is 18.0 Å². The van der Waals surface area contributed by atoms with E-state index in [1.54, 1.807) is 4.90 Å². The number of halogens is 1. The lowest BCUT2D eigenvalue weighted by atomic mass is 9.99. The molecule has 124 valence electrons.